The Kier molecular flexibility index (Phi) is 4.71. The SMILES string of the molecule is COc1cccc(Nc2c(S(=O)(=O)c3ccccc3)cnc3ccccc23)c1. The van der Waals surface area contributed by atoms with Gasteiger partial charge in [-0.3, -0.25) is 4.98 Å². The molecule has 0 aliphatic heterocycles. The third kappa shape index (κ3) is 3.30. The number of para-hydroxylation sites is 1. The Balaban J connectivity index is 1.93. The topological polar surface area (TPSA) is 68.3 Å². The van der Waals surface area contributed by atoms with Crippen molar-refractivity contribution in [2.24, 2.45) is 0 Å². The molecule has 0 fully saturated rings. The lowest BCUT2D eigenvalue weighted by molar-refractivity contribution is 0.415. The van der Waals surface area contributed by atoms with Crippen molar-refractivity contribution in [1.29, 1.82) is 0 Å². The van der Waals surface area contributed by atoms with E-state index in [4.69, 9.17) is 4.74 Å². The first-order valence-electron chi connectivity index (χ1n) is 8.68. The van der Waals surface area contributed by atoms with Crippen molar-refractivity contribution < 1.29 is 13.2 Å². The summed E-state index contributed by atoms with van der Waals surface area (Å²) in [7, 11) is -2.16. The van der Waals surface area contributed by atoms with Gasteiger partial charge in [0.1, 0.15) is 10.6 Å². The Bertz CT molecular complexity index is 1240. The molecule has 0 saturated heterocycles. The summed E-state index contributed by atoms with van der Waals surface area (Å²) in [5.41, 5.74) is 1.92. The van der Waals surface area contributed by atoms with Gasteiger partial charge < -0.3 is 10.1 Å². The minimum Gasteiger partial charge on any atom is -0.497 e. The van der Waals surface area contributed by atoms with Crippen LogP contribution >= 0.6 is 0 Å². The number of nitrogens with zero attached hydrogens (tertiary/aromatic N) is 1. The van der Waals surface area contributed by atoms with Crippen LogP contribution in [0.1, 0.15) is 0 Å². The number of fused-ring (bicyclic) bond motifs is 1. The molecule has 28 heavy (non-hydrogen) atoms. The fourth-order valence-electron chi connectivity index (χ4n) is 3.03. The van der Waals surface area contributed by atoms with Crippen LogP contribution in [0.25, 0.3) is 10.9 Å². The first-order valence-corrected chi connectivity index (χ1v) is 10.2. The standard InChI is InChI=1S/C22H18N2O3S/c1-27-17-9-7-8-16(14-17)24-22-19-12-5-6-13-20(19)23-15-21(22)28(25,26)18-10-3-2-4-11-18/h2-15H,1H3,(H,23,24). The Morgan fingerprint density at radius 1 is 0.893 bits per heavy atom. The van der Waals surface area contributed by atoms with Gasteiger partial charge in [0.15, 0.2) is 0 Å². The molecule has 1 heterocycles. The van der Waals surface area contributed by atoms with E-state index in [9.17, 15) is 8.42 Å². The first kappa shape index (κ1) is 18.0. The van der Waals surface area contributed by atoms with Crippen molar-refractivity contribution in [2.45, 2.75) is 9.79 Å². The lowest BCUT2D eigenvalue weighted by Gasteiger charge is -2.15. The highest BCUT2D eigenvalue weighted by Crippen LogP contribution is 2.35. The second-order valence-corrected chi connectivity index (χ2v) is 8.11. The zero-order valence-electron chi connectivity index (χ0n) is 15.2. The second-order valence-electron chi connectivity index (χ2n) is 6.19. The van der Waals surface area contributed by atoms with Gasteiger partial charge in [0, 0.05) is 23.3 Å². The number of rotatable bonds is 5. The number of anilines is 2. The summed E-state index contributed by atoms with van der Waals surface area (Å²) in [4.78, 5) is 4.71. The number of nitrogens with one attached hydrogen (secondary N) is 1. The predicted octanol–water partition coefficient (Wildman–Crippen LogP) is 4.82. The van der Waals surface area contributed by atoms with Crippen molar-refractivity contribution in [3.8, 4) is 5.75 Å². The van der Waals surface area contributed by atoms with Crippen LogP contribution in [0.5, 0.6) is 5.75 Å². The number of sulfone groups is 1. The fourth-order valence-corrected chi connectivity index (χ4v) is 4.42. The maximum Gasteiger partial charge on any atom is 0.210 e. The van der Waals surface area contributed by atoms with Crippen LogP contribution in [0.15, 0.2) is 94.9 Å². The van der Waals surface area contributed by atoms with Gasteiger partial charge in [0.25, 0.3) is 0 Å². The largest absolute Gasteiger partial charge is 0.497 e. The molecule has 5 nitrogen and oxygen atoms in total. The number of hydrogen-bond donors (Lipinski definition) is 1. The van der Waals surface area contributed by atoms with Crippen LogP contribution in [0, 0.1) is 0 Å². The summed E-state index contributed by atoms with van der Waals surface area (Å²) in [6.45, 7) is 0. The Morgan fingerprint density at radius 3 is 2.43 bits per heavy atom. The van der Waals surface area contributed by atoms with Gasteiger partial charge in [-0.05, 0) is 30.3 Å². The smallest absolute Gasteiger partial charge is 0.210 e. The number of aromatic nitrogens is 1. The van der Waals surface area contributed by atoms with E-state index in [0.717, 1.165) is 11.1 Å². The highest BCUT2D eigenvalue weighted by molar-refractivity contribution is 7.91. The Hall–Kier alpha value is -3.38. The Labute approximate surface area is 163 Å². The van der Waals surface area contributed by atoms with Crippen molar-refractivity contribution >= 4 is 32.1 Å². The van der Waals surface area contributed by atoms with Gasteiger partial charge in [-0.2, -0.15) is 0 Å². The minimum atomic E-state index is -3.75. The number of pyridine rings is 1. The first-order chi connectivity index (χ1) is 13.6. The van der Waals surface area contributed by atoms with E-state index in [2.05, 4.69) is 10.3 Å². The Morgan fingerprint density at radius 2 is 1.64 bits per heavy atom. The number of hydrogen-bond acceptors (Lipinski definition) is 5. The van der Waals surface area contributed by atoms with Crippen molar-refractivity contribution in [1.82, 2.24) is 4.98 Å². The summed E-state index contributed by atoms with van der Waals surface area (Å²) < 4.78 is 31.9. The third-order valence-corrected chi connectivity index (χ3v) is 6.20. The van der Waals surface area contributed by atoms with Crippen molar-refractivity contribution in [3.05, 3.63) is 85.1 Å². The molecule has 0 unspecified atom stereocenters. The van der Waals surface area contributed by atoms with E-state index < -0.39 is 9.84 Å². The summed E-state index contributed by atoms with van der Waals surface area (Å²) in [5, 5.41) is 3.99. The van der Waals surface area contributed by atoms with Crippen LogP contribution in [-0.4, -0.2) is 20.5 Å². The molecule has 140 valence electrons. The van der Waals surface area contributed by atoms with E-state index in [0.29, 0.717) is 17.0 Å². The molecule has 0 aliphatic carbocycles. The monoisotopic (exact) mass is 390 g/mol. The van der Waals surface area contributed by atoms with Crippen LogP contribution in [-0.2, 0) is 9.84 Å². The molecule has 4 aromatic rings. The van der Waals surface area contributed by atoms with E-state index in [1.165, 1.54) is 6.20 Å². The number of methoxy groups -OCH3 is 1. The molecule has 1 aromatic heterocycles. The molecule has 6 heteroatoms. The quantitative estimate of drug-likeness (QED) is 0.529. The fraction of sp³-hybridized carbons (Fsp3) is 0.0455. The van der Waals surface area contributed by atoms with Crippen LogP contribution in [0.2, 0.25) is 0 Å². The molecule has 0 amide bonds. The minimum absolute atomic E-state index is 0.125. The van der Waals surface area contributed by atoms with Crippen molar-refractivity contribution in [3.63, 3.8) is 0 Å². The van der Waals surface area contributed by atoms with E-state index >= 15 is 0 Å². The normalized spacial score (nSPS) is 11.3. The van der Waals surface area contributed by atoms with E-state index in [1.54, 1.807) is 37.4 Å². The summed E-state index contributed by atoms with van der Waals surface area (Å²) in [6.07, 6.45) is 1.41. The number of benzene rings is 3. The molecule has 0 bridgehead atoms. The number of ether oxygens (including phenoxy) is 1. The van der Waals surface area contributed by atoms with E-state index in [-0.39, 0.29) is 9.79 Å². The molecule has 0 saturated carbocycles. The molecule has 0 aliphatic rings. The van der Waals surface area contributed by atoms with Crippen LogP contribution < -0.4 is 10.1 Å². The van der Waals surface area contributed by atoms with Gasteiger partial charge in [-0.1, -0.05) is 42.5 Å². The van der Waals surface area contributed by atoms with Gasteiger partial charge in [0.05, 0.1) is 23.2 Å². The third-order valence-electron chi connectivity index (χ3n) is 4.42. The zero-order valence-corrected chi connectivity index (χ0v) is 16.0. The average molecular weight is 390 g/mol. The van der Waals surface area contributed by atoms with Crippen LogP contribution in [0.3, 0.4) is 0 Å². The molecule has 0 spiro atoms. The maximum absolute atomic E-state index is 13.3. The second kappa shape index (κ2) is 7.32. The highest BCUT2D eigenvalue weighted by atomic mass is 32.2. The highest BCUT2D eigenvalue weighted by Gasteiger charge is 2.23. The van der Waals surface area contributed by atoms with Gasteiger partial charge in [0.2, 0.25) is 9.84 Å². The maximum atomic E-state index is 13.3. The summed E-state index contributed by atoms with van der Waals surface area (Å²) >= 11 is 0. The van der Waals surface area contributed by atoms with E-state index in [1.807, 2.05) is 48.5 Å². The van der Waals surface area contributed by atoms with Crippen molar-refractivity contribution in [2.75, 3.05) is 12.4 Å². The zero-order chi connectivity index (χ0) is 19.6. The lowest BCUT2D eigenvalue weighted by Crippen LogP contribution is -2.07. The molecular weight excluding hydrogens is 372 g/mol. The summed E-state index contributed by atoms with van der Waals surface area (Å²) in [5.74, 6) is 0.677. The van der Waals surface area contributed by atoms with Gasteiger partial charge in [-0.25, -0.2) is 8.42 Å². The van der Waals surface area contributed by atoms with Gasteiger partial charge in [-0.15, -0.1) is 0 Å². The average Bonchev–Trinajstić information content (AvgIpc) is 2.74. The predicted molar refractivity (Wildman–Crippen MR) is 110 cm³/mol. The van der Waals surface area contributed by atoms with Gasteiger partial charge >= 0.3 is 0 Å². The molecule has 0 atom stereocenters. The molecular formula is C22H18N2O3S. The van der Waals surface area contributed by atoms with Crippen LogP contribution in [0.4, 0.5) is 11.4 Å². The lowest BCUT2D eigenvalue weighted by atomic mass is 10.2. The molecule has 1 N–H and O–H groups in total. The molecule has 3 aromatic carbocycles. The molecule has 4 rings (SSSR count). The molecule has 0 radical (unpaired) electrons. The summed E-state index contributed by atoms with van der Waals surface area (Å²) in [6, 6.07) is 23.1.